The molecule has 0 N–H and O–H groups in total. The normalized spacial score (nSPS) is 10.0. The molecule has 0 saturated heterocycles. The number of carbonyl (C=O) groups is 1. The summed E-state index contributed by atoms with van der Waals surface area (Å²) in [4.78, 5) is 11.4. The van der Waals surface area contributed by atoms with E-state index in [1.54, 1.807) is 0 Å². The molecule has 0 aliphatic heterocycles. The lowest BCUT2D eigenvalue weighted by Crippen LogP contribution is -1.98. The number of halogens is 2. The van der Waals surface area contributed by atoms with E-state index < -0.39 is 0 Å². The number of Topliss-reactive ketones (excluding diaryl/α,β-unsaturated/α-hetero) is 1. The Labute approximate surface area is 85.1 Å². The number of alkyl halides is 1. The largest absolute Gasteiger partial charge is 0.294 e. The van der Waals surface area contributed by atoms with Gasteiger partial charge in [-0.3, -0.25) is 4.79 Å². The highest BCUT2D eigenvalue weighted by atomic mass is 79.9. The molecule has 1 nitrogen and oxygen atoms in total. The average molecular weight is 245 g/mol. The van der Waals surface area contributed by atoms with Gasteiger partial charge < -0.3 is 0 Å². The highest BCUT2D eigenvalue weighted by Gasteiger charge is 2.04. The molecule has 1 rings (SSSR count). The smallest absolute Gasteiger partial charge is 0.162 e. The molecule has 3 heteroatoms. The number of hydrogen-bond acceptors (Lipinski definition) is 1. The van der Waals surface area contributed by atoms with Crippen molar-refractivity contribution in [2.24, 2.45) is 0 Å². The fraction of sp³-hybridized carbons (Fsp3) is 0.300. The van der Waals surface area contributed by atoms with Gasteiger partial charge in [-0.2, -0.15) is 0 Å². The van der Waals surface area contributed by atoms with E-state index in [1.807, 2.05) is 0 Å². The highest BCUT2D eigenvalue weighted by molar-refractivity contribution is 9.09. The first-order valence-electron chi connectivity index (χ1n) is 4.09. The van der Waals surface area contributed by atoms with Gasteiger partial charge in [0.2, 0.25) is 0 Å². The van der Waals surface area contributed by atoms with Gasteiger partial charge in [0.1, 0.15) is 5.82 Å². The van der Waals surface area contributed by atoms with Crippen molar-refractivity contribution >= 4 is 21.7 Å². The molecule has 0 amide bonds. The first-order chi connectivity index (χ1) is 6.24. The number of carbonyl (C=O) groups excluding carboxylic acids is 1. The molecule has 13 heavy (non-hydrogen) atoms. The number of benzene rings is 1. The minimum absolute atomic E-state index is 0.0689. The van der Waals surface area contributed by atoms with E-state index in [-0.39, 0.29) is 11.6 Å². The monoisotopic (exact) mass is 244 g/mol. The molecule has 1 aromatic carbocycles. The van der Waals surface area contributed by atoms with Crippen LogP contribution in [0.4, 0.5) is 4.39 Å². The van der Waals surface area contributed by atoms with Crippen molar-refractivity contribution in [2.75, 3.05) is 5.33 Å². The van der Waals surface area contributed by atoms with Crippen LogP contribution in [0.2, 0.25) is 0 Å². The summed E-state index contributed by atoms with van der Waals surface area (Å²) in [5, 5.41) is 0.819. The molecule has 0 aromatic heterocycles. The average Bonchev–Trinajstić information content (AvgIpc) is 2.15. The second kappa shape index (κ2) is 5.12. The van der Waals surface area contributed by atoms with Crippen molar-refractivity contribution in [1.29, 1.82) is 0 Å². The van der Waals surface area contributed by atoms with Crippen LogP contribution in [0.3, 0.4) is 0 Å². The van der Waals surface area contributed by atoms with E-state index in [0.717, 1.165) is 11.8 Å². The lowest BCUT2D eigenvalue weighted by atomic mass is 10.1. The lowest BCUT2D eigenvalue weighted by Gasteiger charge is -1.98. The van der Waals surface area contributed by atoms with Crippen molar-refractivity contribution < 1.29 is 9.18 Å². The molecule has 0 saturated carbocycles. The molecular weight excluding hydrogens is 235 g/mol. The molecule has 0 fully saturated rings. The molecule has 1 aromatic rings. The third-order valence-corrected chi connectivity index (χ3v) is 2.26. The van der Waals surface area contributed by atoms with Crippen LogP contribution >= 0.6 is 15.9 Å². The summed E-state index contributed by atoms with van der Waals surface area (Å²) in [6.45, 7) is 0. The van der Waals surface area contributed by atoms with E-state index in [1.165, 1.54) is 24.3 Å². The van der Waals surface area contributed by atoms with E-state index in [9.17, 15) is 9.18 Å². The van der Waals surface area contributed by atoms with Crippen molar-refractivity contribution in [2.45, 2.75) is 12.8 Å². The summed E-state index contributed by atoms with van der Waals surface area (Å²) in [6.07, 6.45) is 1.33. The Balaban J connectivity index is 2.61. The summed E-state index contributed by atoms with van der Waals surface area (Å²) in [7, 11) is 0. The van der Waals surface area contributed by atoms with Gasteiger partial charge in [-0.05, 0) is 30.7 Å². The maximum absolute atomic E-state index is 12.5. The van der Waals surface area contributed by atoms with Gasteiger partial charge >= 0.3 is 0 Å². The highest BCUT2D eigenvalue weighted by Crippen LogP contribution is 2.07. The minimum atomic E-state index is -0.308. The number of rotatable bonds is 4. The maximum Gasteiger partial charge on any atom is 0.162 e. The molecule has 0 atom stereocenters. The van der Waals surface area contributed by atoms with Crippen LogP contribution in [0.15, 0.2) is 24.3 Å². The summed E-state index contributed by atoms with van der Waals surface area (Å²) in [5.74, 6) is -0.239. The third-order valence-electron chi connectivity index (χ3n) is 1.70. The second-order valence-electron chi connectivity index (χ2n) is 2.72. The SMILES string of the molecule is O=C(CCCBr)c1ccc(F)cc1. The molecule has 0 spiro atoms. The Morgan fingerprint density at radius 1 is 1.31 bits per heavy atom. The Hall–Kier alpha value is -0.700. The van der Waals surface area contributed by atoms with Crippen LogP contribution in [0, 0.1) is 5.82 Å². The lowest BCUT2D eigenvalue weighted by molar-refractivity contribution is 0.0982. The number of hydrogen-bond donors (Lipinski definition) is 0. The van der Waals surface area contributed by atoms with Gasteiger partial charge in [-0.15, -0.1) is 0 Å². The number of ketones is 1. The predicted octanol–water partition coefficient (Wildman–Crippen LogP) is 3.18. The predicted molar refractivity (Wildman–Crippen MR) is 53.8 cm³/mol. The standard InChI is InChI=1S/C10H10BrFO/c11-7-1-2-10(13)8-3-5-9(12)6-4-8/h3-6H,1-2,7H2. The van der Waals surface area contributed by atoms with Gasteiger partial charge in [0.15, 0.2) is 5.78 Å². The van der Waals surface area contributed by atoms with Gasteiger partial charge in [-0.25, -0.2) is 4.39 Å². The Bertz CT molecular complexity index is 281. The zero-order valence-corrected chi connectivity index (χ0v) is 8.68. The van der Waals surface area contributed by atoms with Crippen LogP contribution in [-0.4, -0.2) is 11.1 Å². The van der Waals surface area contributed by atoms with Crippen LogP contribution in [0.1, 0.15) is 23.2 Å². The summed E-state index contributed by atoms with van der Waals surface area (Å²) < 4.78 is 12.5. The Morgan fingerprint density at radius 2 is 1.92 bits per heavy atom. The van der Waals surface area contributed by atoms with Gasteiger partial charge in [0.05, 0.1) is 0 Å². The molecule has 0 aliphatic carbocycles. The molecule has 0 aliphatic rings. The van der Waals surface area contributed by atoms with Gasteiger partial charge in [0.25, 0.3) is 0 Å². The first-order valence-corrected chi connectivity index (χ1v) is 5.21. The van der Waals surface area contributed by atoms with Crippen LogP contribution in [0.5, 0.6) is 0 Å². The first kappa shape index (κ1) is 10.4. The molecule has 70 valence electrons. The van der Waals surface area contributed by atoms with Gasteiger partial charge in [-0.1, -0.05) is 15.9 Å². The van der Waals surface area contributed by atoms with E-state index in [0.29, 0.717) is 12.0 Å². The minimum Gasteiger partial charge on any atom is -0.294 e. The molecule has 0 unspecified atom stereocenters. The zero-order valence-electron chi connectivity index (χ0n) is 7.09. The Kier molecular flexibility index (Phi) is 4.09. The summed E-state index contributed by atoms with van der Waals surface area (Å²) in [6, 6.07) is 5.65. The quantitative estimate of drug-likeness (QED) is 0.588. The van der Waals surface area contributed by atoms with E-state index in [4.69, 9.17) is 0 Å². The van der Waals surface area contributed by atoms with Crippen molar-refractivity contribution in [3.05, 3.63) is 35.6 Å². The third kappa shape index (κ3) is 3.27. The van der Waals surface area contributed by atoms with Gasteiger partial charge in [0, 0.05) is 17.3 Å². The van der Waals surface area contributed by atoms with Crippen LogP contribution < -0.4 is 0 Å². The molecule has 0 heterocycles. The van der Waals surface area contributed by atoms with Crippen molar-refractivity contribution in [1.82, 2.24) is 0 Å². The molecular formula is C10H10BrFO. The second-order valence-corrected chi connectivity index (χ2v) is 3.52. The van der Waals surface area contributed by atoms with E-state index in [2.05, 4.69) is 15.9 Å². The maximum atomic E-state index is 12.5. The summed E-state index contributed by atoms with van der Waals surface area (Å²) in [5.41, 5.74) is 0.586. The van der Waals surface area contributed by atoms with Crippen molar-refractivity contribution in [3.63, 3.8) is 0 Å². The fourth-order valence-electron chi connectivity index (χ4n) is 1.01. The Morgan fingerprint density at radius 3 is 2.46 bits per heavy atom. The molecule has 0 bridgehead atoms. The fourth-order valence-corrected chi connectivity index (χ4v) is 1.29. The van der Waals surface area contributed by atoms with E-state index >= 15 is 0 Å². The zero-order chi connectivity index (χ0) is 9.68. The van der Waals surface area contributed by atoms with Crippen LogP contribution in [0.25, 0.3) is 0 Å². The van der Waals surface area contributed by atoms with Crippen LogP contribution in [-0.2, 0) is 0 Å². The summed E-state index contributed by atoms with van der Waals surface area (Å²) >= 11 is 3.25. The molecule has 0 radical (unpaired) electrons. The van der Waals surface area contributed by atoms with Crippen molar-refractivity contribution in [3.8, 4) is 0 Å². The topological polar surface area (TPSA) is 17.1 Å².